The van der Waals surface area contributed by atoms with Crippen LogP contribution in [0.3, 0.4) is 0 Å². The van der Waals surface area contributed by atoms with Crippen LogP contribution >= 0.6 is 0 Å². The summed E-state index contributed by atoms with van der Waals surface area (Å²) in [5, 5.41) is 8.17. The van der Waals surface area contributed by atoms with Crippen LogP contribution in [0, 0.1) is 0 Å². The third kappa shape index (κ3) is 1.41. The Morgan fingerprint density at radius 1 is 1.58 bits per heavy atom. The van der Waals surface area contributed by atoms with Crippen molar-refractivity contribution in [2.24, 2.45) is 4.99 Å². The Hall–Kier alpha value is -1.47. The van der Waals surface area contributed by atoms with E-state index >= 15 is 0 Å². The first kappa shape index (κ1) is 8.62. The smallest absolute Gasteiger partial charge is 0.288 e. The van der Waals surface area contributed by atoms with E-state index in [2.05, 4.69) is 4.99 Å². The molecule has 6 nitrogen and oxygen atoms in total. The highest BCUT2D eigenvalue weighted by Gasteiger charge is 2.19. The molecule has 7 heteroatoms. The van der Waals surface area contributed by atoms with Gasteiger partial charge in [0.25, 0.3) is 5.91 Å². The van der Waals surface area contributed by atoms with Crippen LogP contribution in [0.15, 0.2) is 17.3 Å². The van der Waals surface area contributed by atoms with Gasteiger partial charge >= 0.3 is 0 Å². The van der Waals surface area contributed by atoms with Crippen LogP contribution in [-0.4, -0.2) is 30.1 Å². The highest BCUT2D eigenvalue weighted by Crippen LogP contribution is 1.96. The van der Waals surface area contributed by atoms with Crippen molar-refractivity contribution in [2.45, 2.75) is 0 Å². The van der Waals surface area contributed by atoms with Crippen molar-refractivity contribution in [1.29, 1.82) is 0 Å². The number of hydroxylamine groups is 1. The van der Waals surface area contributed by atoms with Crippen LogP contribution in [0.1, 0.15) is 0 Å². The molecule has 0 aromatic carbocycles. The molecule has 64 valence electrons. The summed E-state index contributed by atoms with van der Waals surface area (Å²) in [5.74, 6) is -0.945. The fourth-order valence-corrected chi connectivity index (χ4v) is 1.16. The molecule has 0 aliphatic carbocycles. The molecule has 1 amide bonds. The van der Waals surface area contributed by atoms with Crippen molar-refractivity contribution in [2.75, 3.05) is 0 Å². The second-order valence-corrected chi connectivity index (χ2v) is 2.74. The molecule has 0 radical (unpaired) electrons. The summed E-state index contributed by atoms with van der Waals surface area (Å²) in [7, 11) is -2.52. The van der Waals surface area contributed by atoms with Crippen molar-refractivity contribution in [3.63, 3.8) is 0 Å². The molecule has 0 aromatic rings. The number of hydrogen-bond donors (Lipinski definition) is 2. The number of nitrogens with zero attached hydrogens (tertiary/aromatic N) is 1. The Kier molecular flexibility index (Phi) is 2.36. The standard InChI is InChI=1S/C5H4N2O4S/c8-5(7-9)4-3(12(10)11)1-2-6-4/h1-2,9H,(H,7,8). The van der Waals surface area contributed by atoms with Crippen molar-refractivity contribution in [1.82, 2.24) is 5.48 Å². The first-order chi connectivity index (χ1) is 5.66. The fourth-order valence-electron chi connectivity index (χ4n) is 0.680. The predicted molar refractivity (Wildman–Crippen MR) is 40.4 cm³/mol. The highest BCUT2D eigenvalue weighted by molar-refractivity contribution is 7.75. The first-order valence-corrected chi connectivity index (χ1v) is 3.89. The quantitative estimate of drug-likeness (QED) is 0.298. The molecule has 2 N–H and O–H groups in total. The Morgan fingerprint density at radius 3 is 2.75 bits per heavy atom. The number of allylic oxidation sites excluding steroid dienone is 1. The van der Waals surface area contributed by atoms with E-state index in [0.717, 1.165) is 12.3 Å². The molecule has 0 spiro atoms. The van der Waals surface area contributed by atoms with Crippen molar-refractivity contribution >= 4 is 26.8 Å². The summed E-state index contributed by atoms with van der Waals surface area (Å²) in [4.78, 5) is 13.9. The van der Waals surface area contributed by atoms with Gasteiger partial charge in [0, 0.05) is 6.20 Å². The largest absolute Gasteiger partial charge is 0.294 e. The van der Waals surface area contributed by atoms with Gasteiger partial charge in [0.1, 0.15) is 4.86 Å². The molecule has 1 rings (SSSR count). The van der Waals surface area contributed by atoms with E-state index in [1.54, 1.807) is 0 Å². The minimum atomic E-state index is -2.52. The monoisotopic (exact) mass is 188 g/mol. The highest BCUT2D eigenvalue weighted by atomic mass is 32.2. The number of rotatable bonds is 1. The predicted octanol–water partition coefficient (Wildman–Crippen LogP) is -1.49. The molecular formula is C5H4N2O4S. The van der Waals surface area contributed by atoms with Gasteiger partial charge in [-0.25, -0.2) is 10.5 Å². The zero-order valence-electron chi connectivity index (χ0n) is 5.68. The van der Waals surface area contributed by atoms with Gasteiger partial charge in [-0.05, 0) is 6.08 Å². The van der Waals surface area contributed by atoms with Crippen LogP contribution in [0.5, 0.6) is 0 Å². The molecule has 0 bridgehead atoms. The Balaban J connectivity index is 3.14. The van der Waals surface area contributed by atoms with Crippen LogP contribution in [-0.2, 0) is 15.1 Å². The normalized spacial score (nSPS) is 14.4. The second-order valence-electron chi connectivity index (χ2n) is 1.83. The maximum absolute atomic E-state index is 10.7. The fraction of sp³-hybridized carbons (Fsp3) is 0. The molecule has 0 fully saturated rings. The van der Waals surface area contributed by atoms with Crippen LogP contribution in [0.4, 0.5) is 0 Å². The summed E-state index contributed by atoms with van der Waals surface area (Å²) in [6.45, 7) is 0. The minimum absolute atomic E-state index is 0.235. The molecule has 0 saturated carbocycles. The SMILES string of the molecule is O=C(NO)C1=NC=CC1=S(=O)=O. The number of nitrogens with one attached hydrogen (secondary N) is 1. The third-order valence-electron chi connectivity index (χ3n) is 1.16. The van der Waals surface area contributed by atoms with E-state index in [1.807, 2.05) is 0 Å². The minimum Gasteiger partial charge on any atom is -0.288 e. The van der Waals surface area contributed by atoms with E-state index in [-0.39, 0.29) is 10.6 Å². The Labute approximate surface area is 68.7 Å². The molecule has 0 unspecified atom stereocenters. The summed E-state index contributed by atoms with van der Waals surface area (Å²) >= 11 is 0. The van der Waals surface area contributed by atoms with E-state index in [1.165, 1.54) is 5.48 Å². The molecule has 1 heterocycles. The van der Waals surface area contributed by atoms with Gasteiger partial charge in [0.05, 0.1) is 0 Å². The van der Waals surface area contributed by atoms with E-state index in [4.69, 9.17) is 5.21 Å². The lowest BCUT2D eigenvalue weighted by Crippen LogP contribution is -2.32. The summed E-state index contributed by atoms with van der Waals surface area (Å²) in [6, 6.07) is 0. The van der Waals surface area contributed by atoms with E-state index in [9.17, 15) is 13.2 Å². The number of hydrogen-bond acceptors (Lipinski definition) is 5. The van der Waals surface area contributed by atoms with Gasteiger partial charge in [-0.2, -0.15) is 8.42 Å². The lowest BCUT2D eigenvalue weighted by atomic mass is 10.3. The summed E-state index contributed by atoms with van der Waals surface area (Å²) < 4.78 is 20.8. The summed E-state index contributed by atoms with van der Waals surface area (Å²) in [6.07, 6.45) is 2.32. The van der Waals surface area contributed by atoms with Gasteiger partial charge in [-0.15, -0.1) is 0 Å². The molecule has 0 aromatic heterocycles. The average Bonchev–Trinajstić information content (AvgIpc) is 2.50. The van der Waals surface area contributed by atoms with Gasteiger partial charge < -0.3 is 0 Å². The van der Waals surface area contributed by atoms with Gasteiger partial charge in [-0.3, -0.25) is 10.0 Å². The lowest BCUT2D eigenvalue weighted by molar-refractivity contribution is -0.122. The topological polar surface area (TPSA) is 95.8 Å². The van der Waals surface area contributed by atoms with Crippen molar-refractivity contribution in [3.8, 4) is 0 Å². The number of carbonyl (C=O) groups excluding carboxylic acids is 1. The second kappa shape index (κ2) is 3.28. The van der Waals surface area contributed by atoms with Gasteiger partial charge in [-0.1, -0.05) is 0 Å². The molecule has 1 aliphatic rings. The van der Waals surface area contributed by atoms with E-state index < -0.39 is 16.2 Å². The van der Waals surface area contributed by atoms with Crippen LogP contribution in [0.25, 0.3) is 0 Å². The van der Waals surface area contributed by atoms with Gasteiger partial charge in [0.15, 0.2) is 5.71 Å². The van der Waals surface area contributed by atoms with Crippen molar-refractivity contribution in [3.05, 3.63) is 12.3 Å². The summed E-state index contributed by atoms with van der Waals surface area (Å²) in [5.41, 5.74) is 0.974. The maximum Gasteiger partial charge on any atom is 0.294 e. The molecule has 0 saturated heterocycles. The van der Waals surface area contributed by atoms with Crippen molar-refractivity contribution < 1.29 is 18.4 Å². The van der Waals surface area contributed by atoms with Crippen LogP contribution < -0.4 is 5.48 Å². The number of carbonyl (C=O) groups is 1. The molecular weight excluding hydrogens is 184 g/mol. The zero-order chi connectivity index (χ0) is 9.14. The maximum atomic E-state index is 10.7. The number of amides is 1. The van der Waals surface area contributed by atoms with E-state index in [0.29, 0.717) is 0 Å². The molecule has 12 heavy (non-hydrogen) atoms. The first-order valence-electron chi connectivity index (χ1n) is 2.82. The average molecular weight is 188 g/mol. The third-order valence-corrected chi connectivity index (χ3v) is 1.85. The molecule has 0 atom stereocenters. The van der Waals surface area contributed by atoms with Crippen LogP contribution in [0.2, 0.25) is 0 Å². The Bertz CT molecular complexity index is 395. The zero-order valence-corrected chi connectivity index (χ0v) is 6.50. The number of aliphatic imine (C=N–C) groups is 1. The Morgan fingerprint density at radius 2 is 2.25 bits per heavy atom. The lowest BCUT2D eigenvalue weighted by Gasteiger charge is -1.94. The molecule has 1 aliphatic heterocycles. The van der Waals surface area contributed by atoms with Gasteiger partial charge in [0.2, 0.25) is 10.3 Å².